The van der Waals surface area contributed by atoms with Gasteiger partial charge < -0.3 is 20.6 Å². The normalized spacial score (nSPS) is 11.8. The molecule has 0 aliphatic rings. The number of aliphatic carboxylic acids is 1. The van der Waals surface area contributed by atoms with Crippen LogP contribution in [-0.2, 0) is 4.79 Å². The first-order chi connectivity index (χ1) is 9.31. The van der Waals surface area contributed by atoms with Crippen LogP contribution in [0.15, 0.2) is 24.3 Å². The van der Waals surface area contributed by atoms with Crippen LogP contribution in [0.4, 0.5) is 16.2 Å². The number of amides is 2. The summed E-state index contributed by atoms with van der Waals surface area (Å²) >= 11 is 0. The molecule has 1 aromatic carbocycles. The van der Waals surface area contributed by atoms with E-state index in [1.807, 2.05) is 37.2 Å². The molecule has 2 amide bonds. The fourth-order valence-electron chi connectivity index (χ4n) is 1.68. The van der Waals surface area contributed by atoms with Crippen LogP contribution in [0.25, 0.3) is 0 Å². The maximum absolute atomic E-state index is 11.8. The van der Waals surface area contributed by atoms with Crippen molar-refractivity contribution in [1.82, 2.24) is 5.32 Å². The maximum atomic E-state index is 11.8. The molecular formula is C14H21N3O3. The van der Waals surface area contributed by atoms with Crippen LogP contribution in [0.2, 0.25) is 0 Å². The van der Waals surface area contributed by atoms with Crippen LogP contribution in [0.3, 0.4) is 0 Å². The number of hydrogen-bond acceptors (Lipinski definition) is 3. The van der Waals surface area contributed by atoms with Gasteiger partial charge in [0, 0.05) is 25.5 Å². The lowest BCUT2D eigenvalue weighted by atomic mass is 10.1. The van der Waals surface area contributed by atoms with Gasteiger partial charge in [-0.05, 0) is 24.1 Å². The van der Waals surface area contributed by atoms with Gasteiger partial charge in [0.15, 0.2) is 0 Å². The molecule has 110 valence electrons. The van der Waals surface area contributed by atoms with E-state index in [1.54, 1.807) is 19.9 Å². The second-order valence-electron chi connectivity index (χ2n) is 5.10. The molecule has 0 heterocycles. The van der Waals surface area contributed by atoms with Gasteiger partial charge in [-0.1, -0.05) is 19.9 Å². The minimum absolute atomic E-state index is 0.189. The summed E-state index contributed by atoms with van der Waals surface area (Å²) in [7, 11) is 3.80. The first kappa shape index (κ1) is 15.8. The van der Waals surface area contributed by atoms with Gasteiger partial charge in [0.05, 0.1) is 0 Å². The molecule has 0 fully saturated rings. The zero-order valence-corrected chi connectivity index (χ0v) is 12.2. The number of anilines is 2. The van der Waals surface area contributed by atoms with E-state index in [4.69, 9.17) is 5.11 Å². The molecular weight excluding hydrogens is 258 g/mol. The predicted molar refractivity (Wildman–Crippen MR) is 79.2 cm³/mol. The van der Waals surface area contributed by atoms with Crippen molar-refractivity contribution in [3.8, 4) is 0 Å². The highest BCUT2D eigenvalue weighted by Gasteiger charge is 2.23. The third-order valence-corrected chi connectivity index (χ3v) is 2.84. The maximum Gasteiger partial charge on any atom is 0.326 e. The SMILES string of the molecule is CC(C)C(NC(=O)Nc1cccc(N(C)C)c1)C(=O)O. The molecule has 1 unspecified atom stereocenters. The number of carbonyl (C=O) groups excluding carboxylic acids is 1. The molecule has 6 nitrogen and oxygen atoms in total. The number of nitrogens with one attached hydrogen (secondary N) is 2. The summed E-state index contributed by atoms with van der Waals surface area (Å²) in [6, 6.07) is 5.86. The number of hydrogen-bond donors (Lipinski definition) is 3. The lowest BCUT2D eigenvalue weighted by molar-refractivity contribution is -0.140. The van der Waals surface area contributed by atoms with E-state index in [0.29, 0.717) is 5.69 Å². The van der Waals surface area contributed by atoms with Gasteiger partial charge in [-0.25, -0.2) is 9.59 Å². The Morgan fingerprint density at radius 2 is 1.90 bits per heavy atom. The van der Waals surface area contributed by atoms with Crippen LogP contribution in [0, 0.1) is 5.92 Å². The summed E-state index contributed by atoms with van der Waals surface area (Å²) in [6.07, 6.45) is 0. The van der Waals surface area contributed by atoms with E-state index in [2.05, 4.69) is 10.6 Å². The first-order valence-electron chi connectivity index (χ1n) is 6.39. The Morgan fingerprint density at radius 1 is 1.25 bits per heavy atom. The third-order valence-electron chi connectivity index (χ3n) is 2.84. The number of carboxylic acid groups (broad SMARTS) is 1. The molecule has 0 aromatic heterocycles. The molecule has 1 atom stereocenters. The highest BCUT2D eigenvalue weighted by Crippen LogP contribution is 2.17. The predicted octanol–water partition coefficient (Wildman–Crippen LogP) is 1.98. The topological polar surface area (TPSA) is 81.7 Å². The van der Waals surface area contributed by atoms with E-state index in [1.165, 1.54) is 0 Å². The van der Waals surface area contributed by atoms with E-state index in [0.717, 1.165) is 5.69 Å². The van der Waals surface area contributed by atoms with Gasteiger partial charge in [-0.15, -0.1) is 0 Å². The standard InChI is InChI=1S/C14H21N3O3/c1-9(2)12(13(18)19)16-14(20)15-10-6-5-7-11(8-10)17(3)4/h5-9,12H,1-4H3,(H,18,19)(H2,15,16,20). The third kappa shape index (κ3) is 4.46. The first-order valence-corrected chi connectivity index (χ1v) is 6.39. The summed E-state index contributed by atoms with van der Waals surface area (Å²) in [5, 5.41) is 14.1. The van der Waals surface area contributed by atoms with E-state index < -0.39 is 18.0 Å². The van der Waals surface area contributed by atoms with Gasteiger partial charge in [0.1, 0.15) is 6.04 Å². The van der Waals surface area contributed by atoms with Crippen molar-refractivity contribution in [2.24, 2.45) is 5.92 Å². The van der Waals surface area contributed by atoms with Crippen LogP contribution < -0.4 is 15.5 Å². The summed E-state index contributed by atoms with van der Waals surface area (Å²) < 4.78 is 0. The summed E-state index contributed by atoms with van der Waals surface area (Å²) in [5.74, 6) is -1.23. The number of nitrogens with zero attached hydrogens (tertiary/aromatic N) is 1. The quantitative estimate of drug-likeness (QED) is 0.770. The molecule has 1 rings (SSSR count). The lowest BCUT2D eigenvalue weighted by Gasteiger charge is -2.19. The number of carboxylic acids is 1. The van der Waals surface area contributed by atoms with Crippen molar-refractivity contribution in [3.63, 3.8) is 0 Å². The Bertz CT molecular complexity index is 486. The lowest BCUT2D eigenvalue weighted by Crippen LogP contribution is -2.46. The minimum Gasteiger partial charge on any atom is -0.480 e. The highest BCUT2D eigenvalue weighted by atomic mass is 16.4. The fourth-order valence-corrected chi connectivity index (χ4v) is 1.68. The Morgan fingerprint density at radius 3 is 2.40 bits per heavy atom. The number of rotatable bonds is 5. The smallest absolute Gasteiger partial charge is 0.326 e. The largest absolute Gasteiger partial charge is 0.480 e. The van der Waals surface area contributed by atoms with Crippen LogP contribution in [-0.4, -0.2) is 37.2 Å². The van der Waals surface area contributed by atoms with E-state index in [9.17, 15) is 9.59 Å². The second kappa shape index (κ2) is 6.79. The molecule has 0 aliphatic carbocycles. The molecule has 20 heavy (non-hydrogen) atoms. The number of urea groups is 1. The Labute approximate surface area is 118 Å². The van der Waals surface area contributed by atoms with Gasteiger partial charge in [-0.3, -0.25) is 0 Å². The molecule has 0 aliphatic heterocycles. The molecule has 3 N–H and O–H groups in total. The van der Waals surface area contributed by atoms with Gasteiger partial charge in [-0.2, -0.15) is 0 Å². The monoisotopic (exact) mass is 279 g/mol. The van der Waals surface area contributed by atoms with Gasteiger partial charge in [0.2, 0.25) is 0 Å². The average Bonchev–Trinajstić information content (AvgIpc) is 2.35. The van der Waals surface area contributed by atoms with Crippen molar-refractivity contribution in [2.75, 3.05) is 24.3 Å². The minimum atomic E-state index is -1.04. The highest BCUT2D eigenvalue weighted by molar-refractivity contribution is 5.92. The number of benzene rings is 1. The van der Waals surface area contributed by atoms with Crippen molar-refractivity contribution in [3.05, 3.63) is 24.3 Å². The van der Waals surface area contributed by atoms with Crippen molar-refractivity contribution in [1.29, 1.82) is 0 Å². The molecule has 0 bridgehead atoms. The molecule has 0 spiro atoms. The zero-order valence-electron chi connectivity index (χ0n) is 12.2. The van der Waals surface area contributed by atoms with E-state index in [-0.39, 0.29) is 5.92 Å². The van der Waals surface area contributed by atoms with Crippen molar-refractivity contribution < 1.29 is 14.7 Å². The summed E-state index contributed by atoms with van der Waals surface area (Å²) in [5.41, 5.74) is 1.56. The average molecular weight is 279 g/mol. The van der Waals surface area contributed by atoms with Crippen molar-refractivity contribution >= 4 is 23.4 Å². The summed E-state index contributed by atoms with van der Waals surface area (Å²) in [6.45, 7) is 3.48. The zero-order chi connectivity index (χ0) is 15.3. The molecule has 0 saturated carbocycles. The van der Waals surface area contributed by atoms with Crippen molar-refractivity contribution in [2.45, 2.75) is 19.9 Å². The second-order valence-corrected chi connectivity index (χ2v) is 5.10. The fraction of sp³-hybridized carbons (Fsp3) is 0.429. The molecule has 0 saturated heterocycles. The van der Waals surface area contributed by atoms with E-state index >= 15 is 0 Å². The Hall–Kier alpha value is -2.24. The number of carbonyl (C=O) groups is 2. The molecule has 1 aromatic rings. The van der Waals surface area contributed by atoms with Crippen LogP contribution >= 0.6 is 0 Å². The van der Waals surface area contributed by atoms with Gasteiger partial charge in [0.25, 0.3) is 0 Å². The molecule has 6 heteroatoms. The Kier molecular flexibility index (Phi) is 5.37. The van der Waals surface area contributed by atoms with Crippen LogP contribution in [0.1, 0.15) is 13.8 Å². The molecule has 0 radical (unpaired) electrons. The van der Waals surface area contributed by atoms with Gasteiger partial charge >= 0.3 is 12.0 Å². The van der Waals surface area contributed by atoms with Crippen LogP contribution in [0.5, 0.6) is 0 Å². The summed E-state index contributed by atoms with van der Waals surface area (Å²) in [4.78, 5) is 24.8. The Balaban J connectivity index is 2.71.